The van der Waals surface area contributed by atoms with Gasteiger partial charge in [-0.15, -0.1) is 0 Å². The molecule has 0 aromatic heterocycles. The summed E-state index contributed by atoms with van der Waals surface area (Å²) in [7, 11) is 3.62. The van der Waals surface area contributed by atoms with Gasteiger partial charge in [-0.2, -0.15) is 0 Å². The number of nitrogens with one attached hydrogen (secondary N) is 1. The maximum Gasteiger partial charge on any atom is 0.120 e. The van der Waals surface area contributed by atoms with Crippen molar-refractivity contribution in [3.8, 4) is 5.75 Å². The van der Waals surface area contributed by atoms with E-state index in [1.54, 1.807) is 7.11 Å². The molecule has 0 saturated heterocycles. The Morgan fingerprint density at radius 2 is 2.06 bits per heavy atom. The van der Waals surface area contributed by atoms with Crippen molar-refractivity contribution in [3.63, 3.8) is 0 Å². The number of methoxy groups -OCH3 is 1. The van der Waals surface area contributed by atoms with Gasteiger partial charge in [0.2, 0.25) is 0 Å². The summed E-state index contributed by atoms with van der Waals surface area (Å²) in [6.07, 6.45) is 1.08. The summed E-state index contributed by atoms with van der Waals surface area (Å²) in [5, 5.41) is 4.12. The molecule has 0 aliphatic rings. The molecule has 0 amide bonds. The lowest BCUT2D eigenvalue weighted by atomic mass is 9.78. The SMILES string of the molecule is CCC(C)(C)C(NC)c1ccc(OC)cc1Cl. The Bertz CT molecular complexity index is 376. The molecule has 0 heterocycles. The highest BCUT2D eigenvalue weighted by molar-refractivity contribution is 6.31. The smallest absolute Gasteiger partial charge is 0.120 e. The molecular weight excluding hydrogens is 234 g/mol. The first kappa shape index (κ1) is 14.3. The molecule has 0 spiro atoms. The van der Waals surface area contributed by atoms with E-state index in [1.165, 1.54) is 0 Å². The Hall–Kier alpha value is -0.730. The van der Waals surface area contributed by atoms with Crippen molar-refractivity contribution in [3.05, 3.63) is 28.8 Å². The van der Waals surface area contributed by atoms with Crippen LogP contribution in [0.2, 0.25) is 5.02 Å². The van der Waals surface area contributed by atoms with E-state index < -0.39 is 0 Å². The normalized spacial score (nSPS) is 13.5. The van der Waals surface area contributed by atoms with Gasteiger partial charge in [0.15, 0.2) is 0 Å². The topological polar surface area (TPSA) is 21.3 Å². The van der Waals surface area contributed by atoms with Gasteiger partial charge in [0.05, 0.1) is 7.11 Å². The predicted molar refractivity (Wildman–Crippen MR) is 73.9 cm³/mol. The standard InChI is InChI=1S/C14H22ClNO/c1-6-14(2,3)13(16-4)11-8-7-10(17-5)9-12(11)15/h7-9,13,16H,6H2,1-5H3. The molecule has 1 unspecified atom stereocenters. The Labute approximate surface area is 109 Å². The molecule has 0 radical (unpaired) electrons. The average molecular weight is 256 g/mol. The van der Waals surface area contributed by atoms with Gasteiger partial charge >= 0.3 is 0 Å². The lowest BCUT2D eigenvalue weighted by Crippen LogP contribution is -2.31. The number of rotatable bonds is 5. The second-order valence-electron chi connectivity index (χ2n) is 4.95. The Morgan fingerprint density at radius 3 is 2.47 bits per heavy atom. The van der Waals surface area contributed by atoms with Crippen LogP contribution in [0, 0.1) is 5.41 Å². The average Bonchev–Trinajstić information content (AvgIpc) is 2.31. The van der Waals surface area contributed by atoms with Gasteiger partial charge in [-0.25, -0.2) is 0 Å². The van der Waals surface area contributed by atoms with Crippen LogP contribution in [0.15, 0.2) is 18.2 Å². The van der Waals surface area contributed by atoms with Crippen LogP contribution in [-0.2, 0) is 0 Å². The zero-order valence-electron chi connectivity index (χ0n) is 11.3. The second kappa shape index (κ2) is 5.74. The maximum absolute atomic E-state index is 6.32. The van der Waals surface area contributed by atoms with Gasteiger partial charge in [0, 0.05) is 11.1 Å². The van der Waals surface area contributed by atoms with Crippen LogP contribution in [0.1, 0.15) is 38.8 Å². The molecule has 0 bridgehead atoms. The van der Waals surface area contributed by atoms with E-state index in [-0.39, 0.29) is 11.5 Å². The van der Waals surface area contributed by atoms with Crippen LogP contribution in [0.4, 0.5) is 0 Å². The molecule has 0 saturated carbocycles. The van der Waals surface area contributed by atoms with Crippen LogP contribution >= 0.6 is 11.6 Å². The van der Waals surface area contributed by atoms with Crippen LogP contribution in [0.5, 0.6) is 5.75 Å². The molecule has 1 aromatic carbocycles. The molecule has 1 aromatic rings. The summed E-state index contributed by atoms with van der Waals surface area (Å²) in [5.74, 6) is 0.794. The summed E-state index contributed by atoms with van der Waals surface area (Å²) in [5.41, 5.74) is 1.29. The number of hydrogen-bond donors (Lipinski definition) is 1. The summed E-state index contributed by atoms with van der Waals surface area (Å²) < 4.78 is 5.17. The van der Waals surface area contributed by atoms with Crippen molar-refractivity contribution < 1.29 is 4.74 Å². The van der Waals surface area contributed by atoms with Crippen molar-refractivity contribution in [2.75, 3.05) is 14.2 Å². The van der Waals surface area contributed by atoms with Gasteiger partial charge in [0.1, 0.15) is 5.75 Å². The molecule has 17 heavy (non-hydrogen) atoms. The molecule has 1 N–H and O–H groups in total. The van der Waals surface area contributed by atoms with Crippen molar-refractivity contribution in [1.29, 1.82) is 0 Å². The Morgan fingerprint density at radius 1 is 1.41 bits per heavy atom. The maximum atomic E-state index is 6.32. The third-order valence-electron chi connectivity index (χ3n) is 3.50. The highest BCUT2D eigenvalue weighted by Gasteiger charge is 2.29. The number of benzene rings is 1. The summed E-state index contributed by atoms with van der Waals surface area (Å²) >= 11 is 6.32. The van der Waals surface area contributed by atoms with E-state index in [2.05, 4.69) is 26.1 Å². The third kappa shape index (κ3) is 3.14. The predicted octanol–water partition coefficient (Wildman–Crippen LogP) is 4.05. The first-order valence-corrected chi connectivity index (χ1v) is 6.34. The lowest BCUT2D eigenvalue weighted by molar-refractivity contribution is 0.245. The fraction of sp³-hybridized carbons (Fsp3) is 0.571. The van der Waals surface area contributed by atoms with Crippen molar-refractivity contribution in [2.45, 2.75) is 33.2 Å². The second-order valence-corrected chi connectivity index (χ2v) is 5.36. The number of halogens is 1. The highest BCUT2D eigenvalue weighted by Crippen LogP contribution is 2.39. The van der Waals surface area contributed by atoms with Crippen molar-refractivity contribution in [1.82, 2.24) is 5.32 Å². The van der Waals surface area contributed by atoms with Crippen molar-refractivity contribution >= 4 is 11.6 Å². The molecule has 0 aliphatic heterocycles. The minimum Gasteiger partial charge on any atom is -0.497 e. The molecular formula is C14H22ClNO. The molecule has 1 atom stereocenters. The summed E-state index contributed by atoms with van der Waals surface area (Å²) in [4.78, 5) is 0. The number of ether oxygens (including phenoxy) is 1. The largest absolute Gasteiger partial charge is 0.497 e. The van der Waals surface area contributed by atoms with E-state index in [0.29, 0.717) is 0 Å². The van der Waals surface area contributed by atoms with Crippen molar-refractivity contribution in [2.24, 2.45) is 5.41 Å². The highest BCUT2D eigenvalue weighted by atomic mass is 35.5. The molecule has 3 heteroatoms. The quantitative estimate of drug-likeness (QED) is 0.857. The first-order chi connectivity index (χ1) is 7.96. The monoisotopic (exact) mass is 255 g/mol. The Balaban J connectivity index is 3.13. The van der Waals surface area contributed by atoms with Crippen LogP contribution in [-0.4, -0.2) is 14.2 Å². The molecule has 96 valence electrons. The molecule has 0 aliphatic carbocycles. The minimum atomic E-state index is 0.160. The minimum absolute atomic E-state index is 0.160. The van der Waals surface area contributed by atoms with Crippen LogP contribution in [0.3, 0.4) is 0 Å². The van der Waals surface area contributed by atoms with Gasteiger partial charge in [-0.1, -0.05) is 38.4 Å². The van der Waals surface area contributed by atoms with Gasteiger partial charge in [0.25, 0.3) is 0 Å². The van der Waals surface area contributed by atoms with Crippen LogP contribution in [0.25, 0.3) is 0 Å². The summed E-state index contributed by atoms with van der Waals surface area (Å²) in [6, 6.07) is 6.11. The van der Waals surface area contributed by atoms with E-state index in [4.69, 9.17) is 16.3 Å². The van der Waals surface area contributed by atoms with E-state index >= 15 is 0 Å². The molecule has 0 fully saturated rings. The van der Waals surface area contributed by atoms with E-state index in [9.17, 15) is 0 Å². The fourth-order valence-electron chi connectivity index (χ4n) is 2.04. The van der Waals surface area contributed by atoms with Gasteiger partial charge < -0.3 is 10.1 Å². The lowest BCUT2D eigenvalue weighted by Gasteiger charge is -2.34. The zero-order valence-corrected chi connectivity index (χ0v) is 12.1. The van der Waals surface area contributed by atoms with E-state index in [0.717, 1.165) is 22.8 Å². The van der Waals surface area contributed by atoms with Gasteiger partial charge in [-0.3, -0.25) is 0 Å². The molecule has 2 nitrogen and oxygen atoms in total. The Kier molecular flexibility index (Phi) is 4.84. The van der Waals surface area contributed by atoms with E-state index in [1.807, 2.05) is 25.2 Å². The fourth-order valence-corrected chi connectivity index (χ4v) is 2.32. The zero-order chi connectivity index (χ0) is 13.1. The van der Waals surface area contributed by atoms with Crippen LogP contribution < -0.4 is 10.1 Å². The molecule has 1 rings (SSSR count). The number of hydrogen-bond acceptors (Lipinski definition) is 2. The summed E-state index contributed by atoms with van der Waals surface area (Å²) in [6.45, 7) is 6.69. The van der Waals surface area contributed by atoms with Gasteiger partial charge in [-0.05, 0) is 36.6 Å². The third-order valence-corrected chi connectivity index (χ3v) is 3.83. The first-order valence-electron chi connectivity index (χ1n) is 5.97.